The second kappa shape index (κ2) is 7.09. The van der Waals surface area contributed by atoms with Crippen LogP contribution in [0.25, 0.3) is 0 Å². The van der Waals surface area contributed by atoms with Gasteiger partial charge in [-0.15, -0.1) is 0 Å². The van der Waals surface area contributed by atoms with Gasteiger partial charge in [0.25, 0.3) is 0 Å². The minimum Gasteiger partial charge on any atom is -0.352 e. The minimum absolute atomic E-state index is 0.0665. The molecule has 0 radical (unpaired) electrons. The summed E-state index contributed by atoms with van der Waals surface area (Å²) in [7, 11) is 0. The van der Waals surface area contributed by atoms with E-state index in [1.54, 1.807) is 13.1 Å². The maximum Gasteiger partial charge on any atom is 0.217 e. The first-order valence-corrected chi connectivity index (χ1v) is 7.63. The molecule has 0 spiro atoms. The van der Waals surface area contributed by atoms with Crippen molar-refractivity contribution in [1.82, 2.24) is 20.0 Å². The van der Waals surface area contributed by atoms with Crippen LogP contribution in [0.4, 0.5) is 0 Å². The van der Waals surface area contributed by atoms with Gasteiger partial charge in [-0.3, -0.25) is 14.4 Å². The Morgan fingerprint density at radius 1 is 1.50 bits per heavy atom. The standard InChI is InChI=1S/C14H23ClN4O/c1-3-4-12-8-18(10-14(12)17-11(2)20)5-6-19-9-13(15)7-16-19/h7,9,12,14H,3-6,8,10H2,1-2H3,(H,17,20)/t12-,14-/m1/s1. The van der Waals surface area contributed by atoms with Gasteiger partial charge in [-0.05, 0) is 12.3 Å². The molecule has 112 valence electrons. The molecule has 2 atom stereocenters. The zero-order valence-corrected chi connectivity index (χ0v) is 12.9. The van der Waals surface area contributed by atoms with Crippen LogP contribution in [0.1, 0.15) is 26.7 Å². The van der Waals surface area contributed by atoms with Crippen molar-refractivity contribution in [2.45, 2.75) is 39.3 Å². The van der Waals surface area contributed by atoms with Crippen LogP contribution in [-0.4, -0.2) is 46.3 Å². The zero-order chi connectivity index (χ0) is 14.5. The van der Waals surface area contributed by atoms with E-state index in [-0.39, 0.29) is 11.9 Å². The molecule has 1 aliphatic rings. The van der Waals surface area contributed by atoms with Gasteiger partial charge in [-0.25, -0.2) is 0 Å². The lowest BCUT2D eigenvalue weighted by molar-refractivity contribution is -0.119. The van der Waals surface area contributed by atoms with Crippen LogP contribution in [0.15, 0.2) is 12.4 Å². The molecule has 1 aromatic heterocycles. The van der Waals surface area contributed by atoms with Crippen molar-refractivity contribution in [1.29, 1.82) is 0 Å². The smallest absolute Gasteiger partial charge is 0.217 e. The van der Waals surface area contributed by atoms with E-state index in [0.29, 0.717) is 10.9 Å². The van der Waals surface area contributed by atoms with Crippen LogP contribution >= 0.6 is 11.6 Å². The Kier molecular flexibility index (Phi) is 5.43. The molecule has 0 aliphatic carbocycles. The molecule has 1 saturated heterocycles. The largest absolute Gasteiger partial charge is 0.352 e. The van der Waals surface area contributed by atoms with Crippen LogP contribution in [0.2, 0.25) is 5.02 Å². The number of amides is 1. The number of nitrogens with zero attached hydrogens (tertiary/aromatic N) is 3. The maximum absolute atomic E-state index is 11.3. The van der Waals surface area contributed by atoms with Gasteiger partial charge in [0.2, 0.25) is 5.91 Å². The van der Waals surface area contributed by atoms with Crippen molar-refractivity contribution in [2.75, 3.05) is 19.6 Å². The van der Waals surface area contributed by atoms with Crippen LogP contribution in [0.5, 0.6) is 0 Å². The maximum atomic E-state index is 11.3. The molecule has 6 heteroatoms. The first-order chi connectivity index (χ1) is 9.58. The van der Waals surface area contributed by atoms with Gasteiger partial charge in [0.15, 0.2) is 0 Å². The molecule has 0 aromatic carbocycles. The molecule has 0 saturated carbocycles. The SMILES string of the molecule is CCC[C@@H]1CN(CCn2cc(Cl)cn2)C[C@H]1NC(C)=O. The Morgan fingerprint density at radius 3 is 2.90 bits per heavy atom. The molecule has 1 aliphatic heterocycles. The Morgan fingerprint density at radius 2 is 2.30 bits per heavy atom. The molecule has 20 heavy (non-hydrogen) atoms. The Labute approximate surface area is 125 Å². The molecule has 2 rings (SSSR count). The summed E-state index contributed by atoms with van der Waals surface area (Å²) in [6.45, 7) is 7.54. The van der Waals surface area contributed by atoms with Gasteiger partial charge in [-0.2, -0.15) is 5.10 Å². The summed E-state index contributed by atoms with van der Waals surface area (Å²) in [4.78, 5) is 13.7. The Balaban J connectivity index is 1.85. The highest BCUT2D eigenvalue weighted by Gasteiger charge is 2.32. The van der Waals surface area contributed by atoms with E-state index < -0.39 is 0 Å². The van der Waals surface area contributed by atoms with Gasteiger partial charge in [0, 0.05) is 38.8 Å². The number of rotatable bonds is 6. The van der Waals surface area contributed by atoms with Crippen LogP contribution < -0.4 is 5.32 Å². The molecular weight excluding hydrogens is 276 g/mol. The van der Waals surface area contributed by atoms with Crippen molar-refractivity contribution in [3.05, 3.63) is 17.4 Å². The lowest BCUT2D eigenvalue weighted by atomic mass is 9.98. The van der Waals surface area contributed by atoms with Crippen molar-refractivity contribution < 1.29 is 4.79 Å². The highest BCUT2D eigenvalue weighted by Crippen LogP contribution is 2.21. The summed E-state index contributed by atoms with van der Waals surface area (Å²) in [5, 5.41) is 7.95. The van der Waals surface area contributed by atoms with Gasteiger partial charge in [0.05, 0.1) is 17.8 Å². The second-order valence-corrected chi connectivity index (χ2v) is 5.97. The monoisotopic (exact) mass is 298 g/mol. The van der Waals surface area contributed by atoms with Crippen molar-refractivity contribution in [2.24, 2.45) is 5.92 Å². The van der Waals surface area contributed by atoms with Gasteiger partial charge < -0.3 is 5.32 Å². The third kappa shape index (κ3) is 4.21. The van der Waals surface area contributed by atoms with Crippen molar-refractivity contribution >= 4 is 17.5 Å². The topological polar surface area (TPSA) is 50.2 Å². The molecular formula is C14H23ClN4O. The number of carbonyl (C=O) groups excluding carboxylic acids is 1. The van der Waals surface area contributed by atoms with E-state index in [1.165, 1.54) is 0 Å². The zero-order valence-electron chi connectivity index (χ0n) is 12.2. The highest BCUT2D eigenvalue weighted by atomic mass is 35.5. The number of hydrogen-bond donors (Lipinski definition) is 1. The number of likely N-dealkylation sites (tertiary alicyclic amines) is 1. The molecule has 1 amide bonds. The lowest BCUT2D eigenvalue weighted by Gasteiger charge is -2.18. The third-order valence-electron chi connectivity index (χ3n) is 3.81. The molecule has 2 heterocycles. The molecule has 0 bridgehead atoms. The fourth-order valence-corrected chi connectivity index (χ4v) is 3.09. The third-order valence-corrected chi connectivity index (χ3v) is 4.01. The molecule has 1 aromatic rings. The van der Waals surface area contributed by atoms with E-state index in [0.717, 1.165) is 39.0 Å². The number of nitrogens with one attached hydrogen (secondary N) is 1. The summed E-state index contributed by atoms with van der Waals surface area (Å²) in [6, 6.07) is 0.286. The quantitative estimate of drug-likeness (QED) is 0.871. The lowest BCUT2D eigenvalue weighted by Crippen LogP contribution is -2.39. The van der Waals surface area contributed by atoms with Crippen molar-refractivity contribution in [3.8, 4) is 0 Å². The average Bonchev–Trinajstić information content (AvgIpc) is 2.94. The minimum atomic E-state index is 0.0665. The van der Waals surface area contributed by atoms with Gasteiger partial charge >= 0.3 is 0 Å². The average molecular weight is 299 g/mol. The van der Waals surface area contributed by atoms with E-state index in [2.05, 4.69) is 22.2 Å². The predicted octanol–water partition coefficient (Wildman–Crippen LogP) is 1.77. The van der Waals surface area contributed by atoms with Gasteiger partial charge in [0.1, 0.15) is 0 Å². The van der Waals surface area contributed by atoms with Crippen molar-refractivity contribution in [3.63, 3.8) is 0 Å². The predicted molar refractivity (Wildman–Crippen MR) is 79.7 cm³/mol. The van der Waals surface area contributed by atoms with E-state index in [1.807, 2.05) is 10.9 Å². The number of aromatic nitrogens is 2. The number of halogens is 1. The number of hydrogen-bond acceptors (Lipinski definition) is 3. The van der Waals surface area contributed by atoms with Gasteiger partial charge in [-0.1, -0.05) is 24.9 Å². The van der Waals surface area contributed by atoms with Crippen LogP contribution in [0.3, 0.4) is 0 Å². The second-order valence-electron chi connectivity index (χ2n) is 5.54. The van der Waals surface area contributed by atoms with Crippen LogP contribution in [-0.2, 0) is 11.3 Å². The fourth-order valence-electron chi connectivity index (χ4n) is 2.94. The van der Waals surface area contributed by atoms with Crippen LogP contribution in [0, 0.1) is 5.92 Å². The summed E-state index contributed by atoms with van der Waals surface area (Å²) in [6.07, 6.45) is 5.82. The summed E-state index contributed by atoms with van der Waals surface area (Å²) in [5.74, 6) is 0.627. The first kappa shape index (κ1) is 15.3. The highest BCUT2D eigenvalue weighted by molar-refractivity contribution is 6.30. The first-order valence-electron chi connectivity index (χ1n) is 7.26. The molecule has 5 nitrogen and oxygen atoms in total. The summed E-state index contributed by atoms with van der Waals surface area (Å²) < 4.78 is 1.86. The Hall–Kier alpha value is -1.07. The van der Waals surface area contributed by atoms with E-state index in [9.17, 15) is 4.79 Å². The Bertz CT molecular complexity index is 448. The fraction of sp³-hybridized carbons (Fsp3) is 0.714. The molecule has 0 unspecified atom stereocenters. The molecule has 1 fully saturated rings. The molecule has 1 N–H and O–H groups in total. The summed E-state index contributed by atoms with van der Waals surface area (Å²) >= 11 is 5.86. The summed E-state index contributed by atoms with van der Waals surface area (Å²) in [5.41, 5.74) is 0. The van der Waals surface area contributed by atoms with E-state index >= 15 is 0 Å². The normalized spacial score (nSPS) is 23.1. The van der Waals surface area contributed by atoms with E-state index in [4.69, 9.17) is 11.6 Å². The number of carbonyl (C=O) groups is 1.